The summed E-state index contributed by atoms with van der Waals surface area (Å²) in [5.41, 5.74) is 0.412. The molecule has 0 radical (unpaired) electrons. The molecule has 0 atom stereocenters. The van der Waals surface area contributed by atoms with Crippen LogP contribution in [0.25, 0.3) is 10.9 Å². The van der Waals surface area contributed by atoms with Crippen LogP contribution < -0.4 is 16.2 Å². The molecule has 8 heteroatoms. The van der Waals surface area contributed by atoms with E-state index in [1.807, 2.05) is 13.0 Å². The molecule has 0 spiro atoms. The summed E-state index contributed by atoms with van der Waals surface area (Å²) in [6.07, 6.45) is 1.92. The Balaban J connectivity index is 1.62. The number of para-hydroxylation sites is 1. The van der Waals surface area contributed by atoms with E-state index in [0.717, 1.165) is 12.8 Å². The quantitative estimate of drug-likeness (QED) is 0.717. The average molecular weight is 343 g/mol. The van der Waals surface area contributed by atoms with Crippen LogP contribution in [0.1, 0.15) is 25.6 Å². The second-order valence-corrected chi connectivity index (χ2v) is 6.13. The Morgan fingerprint density at radius 1 is 1.32 bits per heavy atom. The highest BCUT2D eigenvalue weighted by molar-refractivity contribution is 5.95. The van der Waals surface area contributed by atoms with Crippen molar-refractivity contribution in [1.29, 1.82) is 0 Å². The van der Waals surface area contributed by atoms with Gasteiger partial charge in [-0.2, -0.15) is 0 Å². The van der Waals surface area contributed by atoms with Crippen LogP contribution in [0.3, 0.4) is 0 Å². The number of hydrogen-bond acceptors (Lipinski definition) is 5. The van der Waals surface area contributed by atoms with Gasteiger partial charge in [0.25, 0.3) is 5.56 Å². The first kappa shape index (κ1) is 17.1. The molecule has 1 aliphatic carbocycles. The number of fused-ring (bicyclic) bond motifs is 1. The molecule has 3 N–H and O–H groups in total. The van der Waals surface area contributed by atoms with Gasteiger partial charge in [-0.1, -0.05) is 19.1 Å². The fourth-order valence-corrected chi connectivity index (χ4v) is 2.52. The number of nitrogens with one attached hydrogen (secondary N) is 3. The minimum absolute atomic E-state index is 0.0467. The number of likely N-dealkylation sites (N-methyl/N-ethyl adjacent to an activating group) is 1. The summed E-state index contributed by atoms with van der Waals surface area (Å²) in [7, 11) is 0. The van der Waals surface area contributed by atoms with Crippen molar-refractivity contribution in [2.24, 2.45) is 0 Å². The van der Waals surface area contributed by atoms with Crippen LogP contribution in [0, 0.1) is 0 Å². The van der Waals surface area contributed by atoms with Gasteiger partial charge >= 0.3 is 6.03 Å². The van der Waals surface area contributed by atoms with Crippen LogP contribution in [0.4, 0.5) is 4.79 Å². The summed E-state index contributed by atoms with van der Waals surface area (Å²) >= 11 is 0. The second-order valence-electron chi connectivity index (χ2n) is 6.13. The zero-order valence-corrected chi connectivity index (χ0v) is 14.0. The van der Waals surface area contributed by atoms with E-state index in [9.17, 15) is 14.4 Å². The largest absolute Gasteiger partial charge is 0.335 e. The van der Waals surface area contributed by atoms with E-state index in [-0.39, 0.29) is 24.1 Å². The molecular formula is C17H21N5O3. The fraction of sp³-hybridized carbons (Fsp3) is 0.412. The number of urea groups is 1. The van der Waals surface area contributed by atoms with Gasteiger partial charge in [-0.05, 0) is 31.5 Å². The van der Waals surface area contributed by atoms with Crippen LogP contribution in [0.15, 0.2) is 29.1 Å². The van der Waals surface area contributed by atoms with E-state index < -0.39 is 6.03 Å². The van der Waals surface area contributed by atoms with Gasteiger partial charge in [-0.25, -0.2) is 9.78 Å². The molecule has 2 aromatic rings. The smallest absolute Gasteiger partial charge is 0.321 e. The fourth-order valence-electron chi connectivity index (χ4n) is 2.52. The lowest BCUT2D eigenvalue weighted by Crippen LogP contribution is -2.45. The maximum absolute atomic E-state index is 12.1. The summed E-state index contributed by atoms with van der Waals surface area (Å²) in [6, 6.07) is 6.84. The highest BCUT2D eigenvalue weighted by atomic mass is 16.2. The number of rotatable bonds is 6. The van der Waals surface area contributed by atoms with Gasteiger partial charge in [0.1, 0.15) is 5.82 Å². The molecule has 3 amide bonds. The van der Waals surface area contributed by atoms with Crippen molar-refractivity contribution >= 4 is 22.8 Å². The topological polar surface area (TPSA) is 107 Å². The van der Waals surface area contributed by atoms with Gasteiger partial charge in [0.05, 0.1) is 24.0 Å². The first-order valence-corrected chi connectivity index (χ1v) is 8.36. The number of carbonyl (C=O) groups is 2. The van der Waals surface area contributed by atoms with Crippen LogP contribution in [-0.4, -0.2) is 45.9 Å². The van der Waals surface area contributed by atoms with E-state index in [2.05, 4.69) is 20.6 Å². The van der Waals surface area contributed by atoms with Crippen LogP contribution >= 0.6 is 0 Å². The lowest BCUT2D eigenvalue weighted by atomic mass is 10.2. The van der Waals surface area contributed by atoms with Crippen molar-refractivity contribution in [3.05, 3.63) is 40.4 Å². The standard InChI is InChI=1S/C17H21N5O3/c1-2-22(10-15(23)21-17(25)18-11-7-8-11)9-14-19-13-6-4-3-5-12(13)16(24)20-14/h3-6,11H,2,7-10H2,1H3,(H,19,20,24)(H2,18,21,23,25). The average Bonchev–Trinajstić information content (AvgIpc) is 3.38. The summed E-state index contributed by atoms with van der Waals surface area (Å²) in [4.78, 5) is 44.7. The molecule has 0 unspecified atom stereocenters. The second kappa shape index (κ2) is 7.43. The first-order chi connectivity index (χ1) is 12.0. The van der Waals surface area contributed by atoms with E-state index in [0.29, 0.717) is 29.8 Å². The van der Waals surface area contributed by atoms with E-state index in [1.54, 1.807) is 23.1 Å². The van der Waals surface area contributed by atoms with Crippen molar-refractivity contribution in [2.45, 2.75) is 32.4 Å². The minimum atomic E-state index is -0.458. The number of hydrogen-bond donors (Lipinski definition) is 3. The molecule has 1 heterocycles. The van der Waals surface area contributed by atoms with Crippen molar-refractivity contribution in [3.8, 4) is 0 Å². The van der Waals surface area contributed by atoms with E-state index in [1.165, 1.54) is 0 Å². The van der Waals surface area contributed by atoms with Crippen LogP contribution in [-0.2, 0) is 11.3 Å². The molecule has 0 bridgehead atoms. The highest BCUT2D eigenvalue weighted by Gasteiger charge is 2.24. The van der Waals surface area contributed by atoms with Crippen molar-refractivity contribution < 1.29 is 9.59 Å². The molecule has 8 nitrogen and oxygen atoms in total. The van der Waals surface area contributed by atoms with Gasteiger partial charge in [0.2, 0.25) is 5.91 Å². The number of nitrogens with zero attached hydrogens (tertiary/aromatic N) is 2. The molecule has 1 aromatic heterocycles. The maximum atomic E-state index is 12.1. The minimum Gasteiger partial charge on any atom is -0.335 e. The van der Waals surface area contributed by atoms with Gasteiger partial charge in [-0.3, -0.25) is 19.8 Å². The predicted octanol–water partition coefficient (Wildman–Crippen LogP) is 0.733. The normalized spacial score (nSPS) is 13.8. The number of carbonyl (C=O) groups excluding carboxylic acids is 2. The third-order valence-electron chi connectivity index (χ3n) is 4.02. The Bertz CT molecular complexity index is 844. The van der Waals surface area contributed by atoms with Gasteiger partial charge in [0, 0.05) is 6.04 Å². The zero-order valence-electron chi connectivity index (χ0n) is 14.0. The van der Waals surface area contributed by atoms with Gasteiger partial charge < -0.3 is 10.3 Å². The number of benzene rings is 1. The molecular weight excluding hydrogens is 322 g/mol. The maximum Gasteiger partial charge on any atom is 0.321 e. The summed E-state index contributed by atoms with van der Waals surface area (Å²) in [6.45, 7) is 2.84. The monoisotopic (exact) mass is 343 g/mol. The molecule has 1 aliphatic rings. The number of imide groups is 1. The Kier molecular flexibility index (Phi) is 5.08. The van der Waals surface area contributed by atoms with Crippen molar-refractivity contribution in [2.75, 3.05) is 13.1 Å². The van der Waals surface area contributed by atoms with E-state index in [4.69, 9.17) is 0 Å². The summed E-state index contributed by atoms with van der Waals surface area (Å²) < 4.78 is 0. The Hall–Kier alpha value is -2.74. The molecule has 0 saturated heterocycles. The van der Waals surface area contributed by atoms with Crippen LogP contribution in [0.2, 0.25) is 0 Å². The summed E-state index contributed by atoms with van der Waals surface area (Å²) in [5.74, 6) is 0.101. The number of aromatic amines is 1. The van der Waals surface area contributed by atoms with E-state index >= 15 is 0 Å². The Labute approximate surface area is 144 Å². The number of H-pyrrole nitrogens is 1. The number of amides is 3. The Morgan fingerprint density at radius 3 is 2.80 bits per heavy atom. The Morgan fingerprint density at radius 2 is 2.08 bits per heavy atom. The summed E-state index contributed by atoms with van der Waals surface area (Å²) in [5, 5.41) is 5.56. The SMILES string of the molecule is CCN(CC(=O)NC(=O)NC1CC1)Cc1nc2ccccc2c(=O)[nH]1. The van der Waals surface area contributed by atoms with Gasteiger partial charge in [-0.15, -0.1) is 0 Å². The molecule has 132 valence electrons. The lowest BCUT2D eigenvalue weighted by molar-refractivity contribution is -0.121. The molecule has 0 aliphatic heterocycles. The van der Waals surface area contributed by atoms with Crippen molar-refractivity contribution in [1.82, 2.24) is 25.5 Å². The van der Waals surface area contributed by atoms with Gasteiger partial charge in [0.15, 0.2) is 0 Å². The molecule has 1 aromatic carbocycles. The zero-order chi connectivity index (χ0) is 17.8. The molecule has 25 heavy (non-hydrogen) atoms. The third kappa shape index (κ3) is 4.63. The first-order valence-electron chi connectivity index (χ1n) is 8.36. The molecule has 1 saturated carbocycles. The highest BCUT2D eigenvalue weighted by Crippen LogP contribution is 2.18. The molecule has 1 fully saturated rings. The third-order valence-corrected chi connectivity index (χ3v) is 4.02. The number of aromatic nitrogens is 2. The van der Waals surface area contributed by atoms with Crippen molar-refractivity contribution in [3.63, 3.8) is 0 Å². The predicted molar refractivity (Wildman–Crippen MR) is 93.0 cm³/mol. The lowest BCUT2D eigenvalue weighted by Gasteiger charge is -2.19. The van der Waals surface area contributed by atoms with Crippen LogP contribution in [0.5, 0.6) is 0 Å². The molecule has 3 rings (SSSR count).